The normalized spacial score (nSPS) is 13.4. The number of nitrogens with zero attached hydrogens (tertiary/aromatic N) is 9. The minimum Gasteiger partial charge on any atom is -0.368 e. The lowest BCUT2D eigenvalue weighted by atomic mass is 10.0. The van der Waals surface area contributed by atoms with Gasteiger partial charge < -0.3 is 5.11 Å². The summed E-state index contributed by atoms with van der Waals surface area (Å²) in [6, 6.07) is 4.55. The highest BCUT2D eigenvalue weighted by atomic mass is 19.1. The van der Waals surface area contributed by atoms with Crippen LogP contribution in [0.25, 0.3) is 17.0 Å². The first-order valence-corrected chi connectivity index (χ1v) is 7.88. The van der Waals surface area contributed by atoms with Crippen molar-refractivity contribution < 1.29 is 9.50 Å². The summed E-state index contributed by atoms with van der Waals surface area (Å²) in [5.74, 6) is -0.545. The predicted molar refractivity (Wildman–Crippen MR) is 91.4 cm³/mol. The number of rotatable bonds is 5. The Balaban J connectivity index is 1.85. The number of aliphatic hydroxyl groups is 1. The fraction of sp³-hybridized carbons (Fsp3) is 0.125. The molecule has 1 N–H and O–H groups in total. The van der Waals surface area contributed by atoms with Gasteiger partial charge in [0.2, 0.25) is 0 Å². The van der Waals surface area contributed by atoms with Gasteiger partial charge in [0.05, 0.1) is 5.69 Å². The highest BCUT2D eigenvalue weighted by molar-refractivity contribution is 5.83. The standard InChI is InChI=1S/C16H14FN9O/c1-11(24-8-18-5-21-24)15(16(27)26-10-20-7-23-26)13-3-2-12(4-14(13)17)25-9-19-6-22-25/h2-10,16,27H,1H3/b15-11+. The molecule has 0 bridgehead atoms. The summed E-state index contributed by atoms with van der Waals surface area (Å²) in [4.78, 5) is 11.6. The molecule has 1 unspecified atom stereocenters. The summed E-state index contributed by atoms with van der Waals surface area (Å²) >= 11 is 0. The molecule has 136 valence electrons. The summed E-state index contributed by atoms with van der Waals surface area (Å²) in [5.41, 5.74) is 1.45. The molecule has 0 amide bonds. The van der Waals surface area contributed by atoms with E-state index in [1.807, 2.05) is 0 Å². The molecule has 0 saturated carbocycles. The van der Waals surface area contributed by atoms with Crippen LogP contribution in [0.5, 0.6) is 0 Å². The maximum atomic E-state index is 15.0. The van der Waals surface area contributed by atoms with E-state index < -0.39 is 12.0 Å². The van der Waals surface area contributed by atoms with Gasteiger partial charge in [-0.05, 0) is 19.1 Å². The van der Waals surface area contributed by atoms with Crippen LogP contribution in [0, 0.1) is 5.82 Å². The Morgan fingerprint density at radius 1 is 1.00 bits per heavy atom. The molecule has 4 rings (SSSR count). The summed E-state index contributed by atoms with van der Waals surface area (Å²) in [7, 11) is 0. The summed E-state index contributed by atoms with van der Waals surface area (Å²) in [5, 5.41) is 22.8. The van der Waals surface area contributed by atoms with E-state index in [-0.39, 0.29) is 11.1 Å². The van der Waals surface area contributed by atoms with Gasteiger partial charge in [-0.25, -0.2) is 33.4 Å². The summed E-state index contributed by atoms with van der Waals surface area (Å²) in [6.07, 6.45) is 7.01. The Kier molecular flexibility index (Phi) is 4.26. The third-order valence-electron chi connectivity index (χ3n) is 4.02. The first kappa shape index (κ1) is 16.7. The van der Waals surface area contributed by atoms with Gasteiger partial charge in [0, 0.05) is 22.9 Å². The van der Waals surface area contributed by atoms with Crippen molar-refractivity contribution in [2.75, 3.05) is 0 Å². The van der Waals surface area contributed by atoms with Crippen LogP contribution in [0.1, 0.15) is 18.7 Å². The van der Waals surface area contributed by atoms with E-state index in [0.717, 1.165) is 0 Å². The maximum Gasteiger partial charge on any atom is 0.177 e. The van der Waals surface area contributed by atoms with Crippen LogP contribution < -0.4 is 0 Å². The van der Waals surface area contributed by atoms with Crippen LogP contribution in [0.4, 0.5) is 4.39 Å². The van der Waals surface area contributed by atoms with Gasteiger partial charge in [0.1, 0.15) is 43.8 Å². The second kappa shape index (κ2) is 6.88. The lowest BCUT2D eigenvalue weighted by molar-refractivity contribution is 0.149. The molecule has 0 aliphatic heterocycles. The number of aromatic nitrogens is 9. The van der Waals surface area contributed by atoms with Crippen molar-refractivity contribution in [2.45, 2.75) is 13.2 Å². The van der Waals surface area contributed by atoms with E-state index in [1.54, 1.807) is 19.1 Å². The van der Waals surface area contributed by atoms with Gasteiger partial charge >= 0.3 is 0 Å². The number of halogens is 1. The molecule has 11 heteroatoms. The minimum atomic E-state index is -1.27. The van der Waals surface area contributed by atoms with Crippen molar-refractivity contribution in [3.63, 3.8) is 0 Å². The first-order chi connectivity index (χ1) is 13.1. The molecule has 0 saturated heterocycles. The number of benzene rings is 1. The van der Waals surface area contributed by atoms with E-state index in [2.05, 4.69) is 30.2 Å². The predicted octanol–water partition coefficient (Wildman–Crippen LogP) is 1.17. The molecular weight excluding hydrogens is 353 g/mol. The van der Waals surface area contributed by atoms with E-state index in [1.165, 1.54) is 58.1 Å². The lowest BCUT2D eigenvalue weighted by Gasteiger charge is -2.19. The van der Waals surface area contributed by atoms with Gasteiger partial charge in [-0.1, -0.05) is 0 Å². The summed E-state index contributed by atoms with van der Waals surface area (Å²) in [6.45, 7) is 1.70. The van der Waals surface area contributed by atoms with Crippen molar-refractivity contribution in [1.29, 1.82) is 0 Å². The number of hydrogen-bond donors (Lipinski definition) is 1. The molecule has 1 atom stereocenters. The zero-order valence-electron chi connectivity index (χ0n) is 14.1. The lowest BCUT2D eigenvalue weighted by Crippen LogP contribution is -2.15. The highest BCUT2D eigenvalue weighted by Crippen LogP contribution is 2.32. The smallest absolute Gasteiger partial charge is 0.177 e. The van der Waals surface area contributed by atoms with Crippen molar-refractivity contribution in [3.05, 3.63) is 67.5 Å². The van der Waals surface area contributed by atoms with Gasteiger partial charge in [-0.15, -0.1) is 0 Å². The van der Waals surface area contributed by atoms with Gasteiger partial charge in [-0.2, -0.15) is 15.3 Å². The van der Waals surface area contributed by atoms with Crippen LogP contribution in [0.15, 0.2) is 56.2 Å². The Morgan fingerprint density at radius 2 is 1.74 bits per heavy atom. The van der Waals surface area contributed by atoms with Crippen LogP contribution in [-0.2, 0) is 0 Å². The monoisotopic (exact) mass is 367 g/mol. The SMILES string of the molecule is C/C(=C(/c1ccc(-n2cncn2)cc1F)C(O)n1cncn1)n1cncn1. The largest absolute Gasteiger partial charge is 0.368 e. The van der Waals surface area contributed by atoms with E-state index in [4.69, 9.17) is 0 Å². The minimum absolute atomic E-state index is 0.190. The van der Waals surface area contributed by atoms with E-state index in [9.17, 15) is 9.50 Å². The second-order valence-electron chi connectivity index (χ2n) is 5.59. The van der Waals surface area contributed by atoms with Crippen molar-refractivity contribution in [2.24, 2.45) is 0 Å². The van der Waals surface area contributed by atoms with Crippen molar-refractivity contribution >= 4 is 11.3 Å². The summed E-state index contributed by atoms with van der Waals surface area (Å²) < 4.78 is 19.1. The van der Waals surface area contributed by atoms with Crippen LogP contribution >= 0.6 is 0 Å². The first-order valence-electron chi connectivity index (χ1n) is 7.88. The van der Waals surface area contributed by atoms with E-state index in [0.29, 0.717) is 11.4 Å². The molecule has 3 aromatic heterocycles. The second-order valence-corrected chi connectivity index (χ2v) is 5.59. The van der Waals surface area contributed by atoms with Crippen LogP contribution in [0.2, 0.25) is 0 Å². The fourth-order valence-corrected chi connectivity index (χ4v) is 2.71. The average Bonchev–Trinajstić information content (AvgIpc) is 3.45. The van der Waals surface area contributed by atoms with Gasteiger partial charge in [0.25, 0.3) is 0 Å². The molecule has 0 radical (unpaired) electrons. The van der Waals surface area contributed by atoms with Gasteiger partial charge in [-0.3, -0.25) is 0 Å². The molecule has 4 aromatic rings. The molecule has 0 aliphatic rings. The maximum absolute atomic E-state index is 15.0. The molecule has 0 aliphatic carbocycles. The topological polar surface area (TPSA) is 112 Å². The Hall–Kier alpha value is -3.73. The molecule has 0 spiro atoms. The number of aliphatic hydroxyl groups excluding tert-OH is 1. The Bertz CT molecular complexity index is 1060. The van der Waals surface area contributed by atoms with Crippen LogP contribution in [0.3, 0.4) is 0 Å². The molecule has 0 fully saturated rings. The van der Waals surface area contributed by atoms with E-state index >= 15 is 0 Å². The number of hydrogen-bond acceptors (Lipinski definition) is 7. The Labute approximate surface area is 152 Å². The van der Waals surface area contributed by atoms with Crippen molar-refractivity contribution in [3.8, 4) is 5.69 Å². The zero-order valence-corrected chi connectivity index (χ0v) is 14.1. The zero-order chi connectivity index (χ0) is 18.8. The van der Waals surface area contributed by atoms with Crippen LogP contribution in [-0.4, -0.2) is 49.4 Å². The highest BCUT2D eigenvalue weighted by Gasteiger charge is 2.23. The fourth-order valence-electron chi connectivity index (χ4n) is 2.71. The molecular formula is C16H14FN9O. The molecule has 10 nitrogen and oxygen atoms in total. The molecule has 27 heavy (non-hydrogen) atoms. The third-order valence-corrected chi connectivity index (χ3v) is 4.02. The molecule has 1 aromatic carbocycles. The number of allylic oxidation sites excluding steroid dienone is 1. The van der Waals surface area contributed by atoms with Gasteiger partial charge in [0.15, 0.2) is 6.23 Å². The Morgan fingerprint density at radius 3 is 2.37 bits per heavy atom. The quantitative estimate of drug-likeness (QED) is 0.563. The third kappa shape index (κ3) is 3.11. The van der Waals surface area contributed by atoms with Crippen molar-refractivity contribution in [1.82, 2.24) is 44.3 Å². The average molecular weight is 367 g/mol. The molecule has 3 heterocycles.